The van der Waals surface area contributed by atoms with E-state index >= 15 is 0 Å². The Balaban J connectivity index is 0.000000187. The van der Waals surface area contributed by atoms with Gasteiger partial charge in [-0.1, -0.05) is 36.4 Å². The van der Waals surface area contributed by atoms with Crippen molar-refractivity contribution >= 4 is 10.1 Å². The zero-order valence-corrected chi connectivity index (χ0v) is 6.95. The van der Waals surface area contributed by atoms with Gasteiger partial charge in [0, 0.05) is 0 Å². The number of benzene rings is 1. The normalized spacial score (nSPS) is 9.64. The molecule has 0 saturated carbocycles. The van der Waals surface area contributed by atoms with Gasteiger partial charge in [-0.25, -0.2) is 0 Å². The van der Waals surface area contributed by atoms with Gasteiger partial charge in [0.25, 0.3) is 10.1 Å². The Hall–Kier alpha value is -0.870. The van der Waals surface area contributed by atoms with E-state index in [1.165, 1.54) is 0 Å². The van der Waals surface area contributed by atoms with Crippen molar-refractivity contribution in [3.8, 4) is 0 Å². The highest BCUT2D eigenvalue weighted by atomic mass is 32.2. The van der Waals surface area contributed by atoms with Crippen LogP contribution in [0.5, 0.6) is 0 Å². The van der Waals surface area contributed by atoms with Crippen molar-refractivity contribution in [1.29, 1.82) is 0 Å². The Labute approximate surface area is 66.4 Å². The van der Waals surface area contributed by atoms with Crippen LogP contribution in [-0.2, 0) is 10.1 Å². The second-order valence-electron chi connectivity index (χ2n) is 1.89. The molecule has 0 aromatic heterocycles. The minimum atomic E-state index is -3.67. The predicted octanol–water partition coefficient (Wildman–Crippen LogP) is 1.19. The van der Waals surface area contributed by atoms with Crippen molar-refractivity contribution in [3.63, 3.8) is 0 Å². The summed E-state index contributed by atoms with van der Waals surface area (Å²) in [5.74, 6) is 0. The lowest BCUT2D eigenvalue weighted by molar-refractivity contribution is 0.490. The first-order valence-corrected chi connectivity index (χ1v) is 4.77. The van der Waals surface area contributed by atoms with Crippen LogP contribution in [0.3, 0.4) is 0 Å². The first-order valence-electron chi connectivity index (χ1n) is 2.92. The van der Waals surface area contributed by atoms with E-state index in [1.54, 1.807) is 0 Å². The smallest absolute Gasteiger partial charge is 0.261 e. The van der Waals surface area contributed by atoms with Crippen molar-refractivity contribution < 1.29 is 13.0 Å². The third-order valence-electron chi connectivity index (χ3n) is 0.667. The maximum absolute atomic E-state index is 9.19. The number of hydrogen-bond acceptors (Lipinski definition) is 2. The Kier molecular flexibility index (Phi) is 4.49. The van der Waals surface area contributed by atoms with E-state index in [4.69, 9.17) is 4.55 Å². The van der Waals surface area contributed by atoms with Crippen LogP contribution in [0, 0.1) is 0 Å². The highest BCUT2D eigenvalue weighted by molar-refractivity contribution is 7.85. The lowest BCUT2D eigenvalue weighted by Gasteiger charge is -1.69. The van der Waals surface area contributed by atoms with Crippen LogP contribution in [0.1, 0.15) is 0 Å². The highest BCUT2D eigenvalue weighted by Crippen LogP contribution is 1.79. The molecule has 1 N–H and O–H groups in total. The quantitative estimate of drug-likeness (QED) is 0.601. The lowest BCUT2D eigenvalue weighted by Crippen LogP contribution is -1.88. The molecule has 3 nitrogen and oxygen atoms in total. The minimum absolute atomic E-state index is 0.715. The first kappa shape index (κ1) is 10.1. The SMILES string of the molecule is CS(=O)(=O)O.c1ccccc1. The van der Waals surface area contributed by atoms with Crippen molar-refractivity contribution in [2.24, 2.45) is 0 Å². The van der Waals surface area contributed by atoms with E-state index in [2.05, 4.69) is 0 Å². The molecule has 11 heavy (non-hydrogen) atoms. The van der Waals surface area contributed by atoms with Gasteiger partial charge in [0.1, 0.15) is 0 Å². The molecule has 1 aromatic rings. The van der Waals surface area contributed by atoms with Gasteiger partial charge >= 0.3 is 0 Å². The molecule has 0 aliphatic carbocycles. The van der Waals surface area contributed by atoms with Crippen LogP contribution in [0.15, 0.2) is 36.4 Å². The molecule has 1 rings (SSSR count). The summed E-state index contributed by atoms with van der Waals surface area (Å²) >= 11 is 0. The van der Waals surface area contributed by atoms with Gasteiger partial charge in [0.2, 0.25) is 0 Å². The second kappa shape index (κ2) is 4.87. The van der Waals surface area contributed by atoms with E-state index in [0.717, 1.165) is 0 Å². The number of hydrogen-bond donors (Lipinski definition) is 1. The Morgan fingerprint density at radius 2 is 1.00 bits per heavy atom. The van der Waals surface area contributed by atoms with Gasteiger partial charge in [-0.15, -0.1) is 0 Å². The molecule has 62 valence electrons. The van der Waals surface area contributed by atoms with Gasteiger partial charge in [0.05, 0.1) is 6.26 Å². The average Bonchev–Trinajstić information content (AvgIpc) is 1.88. The fraction of sp³-hybridized carbons (Fsp3) is 0.143. The standard InChI is InChI=1S/C6H6.CH4O3S/c1-2-4-6-5-3-1;1-5(2,3)4/h1-6H;1H3,(H,2,3,4). The molecule has 0 aliphatic rings. The molecule has 1 aromatic carbocycles. The Bertz CT molecular complexity index is 230. The van der Waals surface area contributed by atoms with E-state index in [1.807, 2.05) is 36.4 Å². The van der Waals surface area contributed by atoms with Gasteiger partial charge in [-0.3, -0.25) is 4.55 Å². The topological polar surface area (TPSA) is 54.4 Å². The summed E-state index contributed by atoms with van der Waals surface area (Å²) in [5.41, 5.74) is 0. The van der Waals surface area contributed by atoms with Crippen molar-refractivity contribution in [2.45, 2.75) is 0 Å². The highest BCUT2D eigenvalue weighted by Gasteiger charge is 1.81. The van der Waals surface area contributed by atoms with E-state index in [9.17, 15) is 8.42 Å². The third-order valence-corrected chi connectivity index (χ3v) is 0.667. The van der Waals surface area contributed by atoms with Crippen LogP contribution < -0.4 is 0 Å². The summed E-state index contributed by atoms with van der Waals surface area (Å²) in [4.78, 5) is 0. The summed E-state index contributed by atoms with van der Waals surface area (Å²) < 4.78 is 25.9. The van der Waals surface area contributed by atoms with Crippen LogP contribution in [0.4, 0.5) is 0 Å². The molecule has 0 atom stereocenters. The lowest BCUT2D eigenvalue weighted by atomic mass is 10.4. The largest absolute Gasteiger partial charge is 0.286 e. The molecule has 0 spiro atoms. The van der Waals surface area contributed by atoms with E-state index < -0.39 is 10.1 Å². The van der Waals surface area contributed by atoms with Crippen molar-refractivity contribution in [3.05, 3.63) is 36.4 Å². The second-order valence-corrected chi connectivity index (χ2v) is 3.35. The zero-order chi connectivity index (χ0) is 8.74. The molecule has 0 radical (unpaired) electrons. The maximum Gasteiger partial charge on any atom is 0.261 e. The molecule has 4 heteroatoms. The maximum atomic E-state index is 9.19. The Morgan fingerprint density at radius 1 is 0.909 bits per heavy atom. The first-order chi connectivity index (χ1) is 5.00. The summed E-state index contributed by atoms with van der Waals surface area (Å²) in [5, 5.41) is 0. The monoisotopic (exact) mass is 174 g/mol. The van der Waals surface area contributed by atoms with Crippen molar-refractivity contribution in [1.82, 2.24) is 0 Å². The summed E-state index contributed by atoms with van der Waals surface area (Å²) in [7, 11) is -3.67. The van der Waals surface area contributed by atoms with Crippen LogP contribution in [0.25, 0.3) is 0 Å². The molecule has 0 aliphatic heterocycles. The molecule has 0 unspecified atom stereocenters. The summed E-state index contributed by atoms with van der Waals surface area (Å²) in [6.45, 7) is 0. The fourth-order valence-corrected chi connectivity index (χ4v) is 0.385. The van der Waals surface area contributed by atoms with Crippen LogP contribution in [0.2, 0.25) is 0 Å². The molecule has 0 fully saturated rings. The zero-order valence-electron chi connectivity index (χ0n) is 6.14. The molecule has 0 heterocycles. The fourth-order valence-electron chi connectivity index (χ4n) is 0.385. The third kappa shape index (κ3) is 17.6. The van der Waals surface area contributed by atoms with E-state index in [0.29, 0.717) is 6.26 Å². The molecular formula is C7H10O3S. The van der Waals surface area contributed by atoms with Gasteiger partial charge in [0.15, 0.2) is 0 Å². The average molecular weight is 174 g/mol. The summed E-state index contributed by atoms with van der Waals surface area (Å²) in [6.07, 6.45) is 0.715. The summed E-state index contributed by atoms with van der Waals surface area (Å²) in [6, 6.07) is 12.0. The Morgan fingerprint density at radius 3 is 1.09 bits per heavy atom. The van der Waals surface area contributed by atoms with E-state index in [-0.39, 0.29) is 0 Å². The van der Waals surface area contributed by atoms with Gasteiger partial charge < -0.3 is 0 Å². The molecular weight excluding hydrogens is 164 g/mol. The van der Waals surface area contributed by atoms with Gasteiger partial charge in [-0.2, -0.15) is 8.42 Å². The van der Waals surface area contributed by atoms with Crippen LogP contribution in [-0.4, -0.2) is 19.2 Å². The van der Waals surface area contributed by atoms with Crippen LogP contribution >= 0.6 is 0 Å². The van der Waals surface area contributed by atoms with Gasteiger partial charge in [-0.05, 0) is 0 Å². The molecule has 0 amide bonds. The number of rotatable bonds is 0. The van der Waals surface area contributed by atoms with Crippen molar-refractivity contribution in [2.75, 3.05) is 6.26 Å². The predicted molar refractivity (Wildman–Crippen MR) is 43.9 cm³/mol. The minimum Gasteiger partial charge on any atom is -0.286 e. The molecule has 0 bridgehead atoms. The molecule has 0 saturated heterocycles.